The molecule has 2 aromatic heterocycles. The molecule has 0 amide bonds. The van der Waals surface area contributed by atoms with Gasteiger partial charge in [0.05, 0.1) is 19.3 Å². The fourth-order valence-corrected chi connectivity index (χ4v) is 2.86. The number of ether oxygens (including phenoxy) is 1. The molecule has 0 bridgehead atoms. The van der Waals surface area contributed by atoms with Crippen molar-refractivity contribution < 1.29 is 9.26 Å². The smallest absolute Gasteiger partial charge is 0.257 e. The van der Waals surface area contributed by atoms with Gasteiger partial charge in [-0.2, -0.15) is 4.98 Å². The molecule has 6 heteroatoms. The molecule has 0 saturated carbocycles. The Labute approximate surface area is 140 Å². The van der Waals surface area contributed by atoms with Gasteiger partial charge in [-0.15, -0.1) is 0 Å². The fourth-order valence-electron chi connectivity index (χ4n) is 2.86. The standard InChI is InChI=1S/C18H18N4O2/c1-2-6-15(7-3-1)18-20-17(21-24-18)16-13-23-10-9-22(16)12-14-5-4-8-19-11-14/h1-8,11,16H,9-10,12-13H2/t16-/m1/s1. The molecule has 1 aromatic carbocycles. The monoisotopic (exact) mass is 322 g/mol. The molecule has 3 heterocycles. The average Bonchev–Trinajstić information content (AvgIpc) is 3.14. The summed E-state index contributed by atoms with van der Waals surface area (Å²) >= 11 is 0. The number of morpholine rings is 1. The molecule has 1 aliphatic rings. The van der Waals surface area contributed by atoms with Crippen LogP contribution in [0.15, 0.2) is 59.4 Å². The van der Waals surface area contributed by atoms with Gasteiger partial charge in [0, 0.05) is 31.0 Å². The van der Waals surface area contributed by atoms with E-state index in [0.717, 1.165) is 24.2 Å². The molecular weight excluding hydrogens is 304 g/mol. The lowest BCUT2D eigenvalue weighted by Gasteiger charge is -2.33. The molecule has 4 rings (SSSR count). The van der Waals surface area contributed by atoms with E-state index in [4.69, 9.17) is 9.26 Å². The molecule has 1 atom stereocenters. The van der Waals surface area contributed by atoms with Gasteiger partial charge in [0.1, 0.15) is 0 Å². The Morgan fingerprint density at radius 3 is 2.88 bits per heavy atom. The van der Waals surface area contributed by atoms with Crippen molar-refractivity contribution in [2.75, 3.05) is 19.8 Å². The van der Waals surface area contributed by atoms with Gasteiger partial charge in [-0.25, -0.2) is 0 Å². The predicted octanol–water partition coefficient (Wildman–Crippen LogP) is 2.71. The van der Waals surface area contributed by atoms with E-state index in [2.05, 4.69) is 26.1 Å². The quantitative estimate of drug-likeness (QED) is 0.736. The van der Waals surface area contributed by atoms with Crippen molar-refractivity contribution in [2.24, 2.45) is 0 Å². The number of aromatic nitrogens is 3. The summed E-state index contributed by atoms with van der Waals surface area (Å²) in [6, 6.07) is 13.8. The van der Waals surface area contributed by atoms with E-state index in [1.165, 1.54) is 0 Å². The van der Waals surface area contributed by atoms with Gasteiger partial charge in [0.2, 0.25) is 0 Å². The molecule has 6 nitrogen and oxygen atoms in total. The van der Waals surface area contributed by atoms with Crippen LogP contribution in [0, 0.1) is 0 Å². The van der Waals surface area contributed by atoms with E-state index in [9.17, 15) is 0 Å². The summed E-state index contributed by atoms with van der Waals surface area (Å²) in [5.41, 5.74) is 2.09. The number of rotatable bonds is 4. The van der Waals surface area contributed by atoms with E-state index in [1.54, 1.807) is 6.20 Å². The zero-order valence-electron chi connectivity index (χ0n) is 13.2. The SMILES string of the molecule is c1ccc(-c2nc([C@H]3COCCN3Cc3cccnc3)no2)cc1. The maximum Gasteiger partial charge on any atom is 0.257 e. The average molecular weight is 322 g/mol. The zero-order valence-corrected chi connectivity index (χ0v) is 13.2. The van der Waals surface area contributed by atoms with Gasteiger partial charge in [0.25, 0.3) is 5.89 Å². The van der Waals surface area contributed by atoms with Gasteiger partial charge in [-0.05, 0) is 23.8 Å². The molecule has 0 spiro atoms. The van der Waals surface area contributed by atoms with Gasteiger partial charge in [-0.1, -0.05) is 29.4 Å². The fraction of sp³-hybridized carbons (Fsp3) is 0.278. The van der Waals surface area contributed by atoms with Crippen molar-refractivity contribution in [2.45, 2.75) is 12.6 Å². The first-order valence-electron chi connectivity index (χ1n) is 8.00. The first-order valence-corrected chi connectivity index (χ1v) is 8.00. The third-order valence-corrected chi connectivity index (χ3v) is 4.11. The molecule has 24 heavy (non-hydrogen) atoms. The van der Waals surface area contributed by atoms with Gasteiger partial charge < -0.3 is 9.26 Å². The second kappa shape index (κ2) is 6.90. The maximum absolute atomic E-state index is 5.64. The summed E-state index contributed by atoms with van der Waals surface area (Å²) in [7, 11) is 0. The molecule has 1 saturated heterocycles. The Kier molecular flexibility index (Phi) is 4.31. The lowest BCUT2D eigenvalue weighted by atomic mass is 10.1. The molecular formula is C18H18N4O2. The number of benzene rings is 1. The van der Waals surface area contributed by atoms with Gasteiger partial charge >= 0.3 is 0 Å². The molecule has 0 radical (unpaired) electrons. The summed E-state index contributed by atoms with van der Waals surface area (Å²) in [5.74, 6) is 1.20. The second-order valence-corrected chi connectivity index (χ2v) is 5.75. The Bertz CT molecular complexity index is 776. The van der Waals surface area contributed by atoms with Gasteiger partial charge in [0.15, 0.2) is 5.82 Å². The Hall–Kier alpha value is -2.57. The van der Waals surface area contributed by atoms with Crippen LogP contribution in [0.5, 0.6) is 0 Å². The van der Waals surface area contributed by atoms with Crippen LogP contribution >= 0.6 is 0 Å². The normalized spacial score (nSPS) is 18.6. The maximum atomic E-state index is 5.64. The van der Waals surface area contributed by atoms with Crippen LogP contribution in [0.2, 0.25) is 0 Å². The molecule has 122 valence electrons. The lowest BCUT2D eigenvalue weighted by molar-refractivity contribution is -0.0166. The third kappa shape index (κ3) is 3.20. The predicted molar refractivity (Wildman–Crippen MR) is 87.9 cm³/mol. The van der Waals surface area contributed by atoms with Crippen molar-refractivity contribution >= 4 is 0 Å². The Balaban J connectivity index is 1.56. The summed E-state index contributed by atoms with van der Waals surface area (Å²) in [4.78, 5) is 11.1. The van der Waals surface area contributed by atoms with E-state index in [0.29, 0.717) is 24.9 Å². The summed E-state index contributed by atoms with van der Waals surface area (Å²) < 4.78 is 11.1. The number of hydrogen-bond donors (Lipinski definition) is 0. The van der Waals surface area contributed by atoms with Crippen LogP contribution in [0.3, 0.4) is 0 Å². The minimum atomic E-state index is -0.0137. The minimum Gasteiger partial charge on any atom is -0.378 e. The van der Waals surface area contributed by atoms with Crippen LogP contribution in [0.25, 0.3) is 11.5 Å². The topological polar surface area (TPSA) is 64.3 Å². The summed E-state index contributed by atoms with van der Waals surface area (Å²) in [5, 5.41) is 4.18. The Morgan fingerprint density at radius 1 is 1.12 bits per heavy atom. The highest BCUT2D eigenvalue weighted by Gasteiger charge is 2.29. The number of nitrogens with zero attached hydrogens (tertiary/aromatic N) is 4. The minimum absolute atomic E-state index is 0.0137. The zero-order chi connectivity index (χ0) is 16.2. The highest BCUT2D eigenvalue weighted by atomic mass is 16.5. The largest absolute Gasteiger partial charge is 0.378 e. The molecule has 3 aromatic rings. The number of pyridine rings is 1. The first-order chi connectivity index (χ1) is 11.9. The van der Waals surface area contributed by atoms with Gasteiger partial charge in [-0.3, -0.25) is 9.88 Å². The van der Waals surface area contributed by atoms with Crippen LogP contribution in [-0.2, 0) is 11.3 Å². The molecule has 1 aliphatic heterocycles. The van der Waals surface area contributed by atoms with Crippen molar-refractivity contribution in [1.29, 1.82) is 0 Å². The molecule has 0 N–H and O–H groups in total. The van der Waals surface area contributed by atoms with Crippen molar-refractivity contribution in [3.8, 4) is 11.5 Å². The highest BCUT2D eigenvalue weighted by molar-refractivity contribution is 5.52. The molecule has 0 aliphatic carbocycles. The first kappa shape index (κ1) is 15.0. The van der Waals surface area contributed by atoms with Crippen molar-refractivity contribution in [3.05, 3.63) is 66.2 Å². The van der Waals surface area contributed by atoms with E-state index < -0.39 is 0 Å². The number of hydrogen-bond acceptors (Lipinski definition) is 6. The van der Waals surface area contributed by atoms with Crippen molar-refractivity contribution in [3.63, 3.8) is 0 Å². The van der Waals surface area contributed by atoms with Crippen molar-refractivity contribution in [1.82, 2.24) is 20.0 Å². The van der Waals surface area contributed by atoms with E-state index in [1.807, 2.05) is 42.6 Å². The van der Waals surface area contributed by atoms with Crippen LogP contribution in [0.1, 0.15) is 17.4 Å². The van der Waals surface area contributed by atoms with Crippen LogP contribution in [0.4, 0.5) is 0 Å². The van der Waals surface area contributed by atoms with E-state index in [-0.39, 0.29) is 6.04 Å². The summed E-state index contributed by atoms with van der Waals surface area (Å²) in [6.45, 7) is 2.89. The van der Waals surface area contributed by atoms with Crippen LogP contribution < -0.4 is 0 Å². The van der Waals surface area contributed by atoms with Crippen LogP contribution in [-0.4, -0.2) is 39.8 Å². The summed E-state index contributed by atoms with van der Waals surface area (Å²) in [6.07, 6.45) is 3.67. The third-order valence-electron chi connectivity index (χ3n) is 4.11. The molecule has 0 unspecified atom stereocenters. The second-order valence-electron chi connectivity index (χ2n) is 5.75. The Morgan fingerprint density at radius 2 is 2.04 bits per heavy atom. The lowest BCUT2D eigenvalue weighted by Crippen LogP contribution is -2.39. The highest BCUT2D eigenvalue weighted by Crippen LogP contribution is 2.26. The molecule has 1 fully saturated rings. The van der Waals surface area contributed by atoms with E-state index >= 15 is 0 Å².